The van der Waals surface area contributed by atoms with E-state index in [9.17, 15) is 0 Å². The van der Waals surface area contributed by atoms with Gasteiger partial charge in [-0.15, -0.1) is 11.3 Å². The van der Waals surface area contributed by atoms with Crippen molar-refractivity contribution in [1.29, 1.82) is 0 Å². The molecule has 0 aromatic carbocycles. The number of thiazole rings is 1. The minimum Gasteiger partial charge on any atom is -0.245 e. The van der Waals surface area contributed by atoms with Crippen LogP contribution in [0.2, 0.25) is 0 Å². The maximum absolute atomic E-state index is 4.09. The van der Waals surface area contributed by atoms with E-state index in [1.165, 1.54) is 12.7 Å². The van der Waals surface area contributed by atoms with Gasteiger partial charge in [-0.1, -0.05) is 0 Å². The van der Waals surface area contributed by atoms with Crippen LogP contribution < -0.4 is 0 Å². The smallest absolute Gasteiger partial charge is 0.155 e. The van der Waals surface area contributed by atoms with E-state index in [2.05, 4.69) is 19.9 Å². The quantitative estimate of drug-likeness (QED) is 0.720. The predicted molar refractivity (Wildman–Crippen MR) is 50.9 cm³/mol. The fraction of sp³-hybridized carbons (Fsp3) is 0. The molecule has 0 unspecified atom stereocenters. The number of hydrogen-bond donors (Lipinski definition) is 0. The molecular weight excluding hydrogens is 184 g/mol. The average Bonchev–Trinajstić information content (AvgIpc) is 2.69. The lowest BCUT2D eigenvalue weighted by atomic mass is 10.5. The molecule has 5 heteroatoms. The molecule has 2 rings (SSSR count). The van der Waals surface area contributed by atoms with E-state index in [1.54, 1.807) is 23.6 Å². The lowest BCUT2D eigenvalue weighted by molar-refractivity contribution is 1.03. The van der Waals surface area contributed by atoms with Crippen LogP contribution in [-0.2, 0) is 0 Å². The third kappa shape index (κ3) is 2.16. The van der Waals surface area contributed by atoms with Gasteiger partial charge in [0.25, 0.3) is 0 Å². The Morgan fingerprint density at radius 3 is 2.62 bits per heavy atom. The van der Waals surface area contributed by atoms with E-state index in [4.69, 9.17) is 0 Å². The molecule has 2 aromatic heterocycles. The molecule has 0 aliphatic heterocycles. The Morgan fingerprint density at radius 2 is 1.92 bits per heavy atom. The van der Waals surface area contributed by atoms with Crippen molar-refractivity contribution in [3.05, 3.63) is 35.1 Å². The summed E-state index contributed by atoms with van der Waals surface area (Å²) in [6.45, 7) is 0. The maximum Gasteiger partial charge on any atom is 0.155 e. The van der Waals surface area contributed by atoms with Gasteiger partial charge in [-0.2, -0.15) is 0 Å². The fourth-order valence-corrected chi connectivity index (χ4v) is 1.33. The molecule has 0 radical (unpaired) electrons. The first-order valence-electron chi connectivity index (χ1n) is 3.65. The van der Waals surface area contributed by atoms with Crippen LogP contribution in [-0.4, -0.2) is 19.9 Å². The van der Waals surface area contributed by atoms with Crippen molar-refractivity contribution >= 4 is 23.5 Å². The normalized spacial score (nSPS) is 10.8. The Bertz CT molecular complexity index is 382. The van der Waals surface area contributed by atoms with Crippen molar-refractivity contribution in [2.75, 3.05) is 0 Å². The standard InChI is InChI=1S/C8H6N4S/c1(2-8-10-3-4-13-8)7-11-5-9-6-12-7/h1-6H. The Balaban J connectivity index is 2.15. The van der Waals surface area contributed by atoms with Crippen LogP contribution in [0.3, 0.4) is 0 Å². The first-order valence-corrected chi connectivity index (χ1v) is 4.53. The van der Waals surface area contributed by atoms with Crippen LogP contribution in [0.4, 0.5) is 0 Å². The zero-order valence-corrected chi connectivity index (χ0v) is 7.48. The Labute approximate surface area is 79.0 Å². The molecule has 0 bridgehead atoms. The zero-order valence-electron chi connectivity index (χ0n) is 6.66. The molecule has 0 saturated heterocycles. The molecule has 0 aliphatic rings. The van der Waals surface area contributed by atoms with Crippen molar-refractivity contribution in [3.63, 3.8) is 0 Å². The summed E-state index contributed by atoms with van der Waals surface area (Å²) in [4.78, 5) is 15.7. The van der Waals surface area contributed by atoms with Gasteiger partial charge in [0.1, 0.15) is 17.7 Å². The highest BCUT2D eigenvalue weighted by molar-refractivity contribution is 7.10. The third-order valence-corrected chi connectivity index (χ3v) is 2.08. The van der Waals surface area contributed by atoms with E-state index < -0.39 is 0 Å². The van der Waals surface area contributed by atoms with Crippen LogP contribution in [0.5, 0.6) is 0 Å². The van der Waals surface area contributed by atoms with Crippen LogP contribution >= 0.6 is 11.3 Å². The summed E-state index contributed by atoms with van der Waals surface area (Å²) in [5.74, 6) is 0.644. The van der Waals surface area contributed by atoms with Crippen LogP contribution in [0.25, 0.3) is 12.2 Å². The van der Waals surface area contributed by atoms with Crippen molar-refractivity contribution in [2.24, 2.45) is 0 Å². The van der Waals surface area contributed by atoms with Gasteiger partial charge >= 0.3 is 0 Å². The predicted octanol–water partition coefficient (Wildman–Crippen LogP) is 1.50. The highest BCUT2D eigenvalue weighted by atomic mass is 32.1. The molecule has 0 N–H and O–H groups in total. The van der Waals surface area contributed by atoms with Gasteiger partial charge in [0.15, 0.2) is 5.82 Å². The fourth-order valence-electron chi connectivity index (χ4n) is 0.797. The largest absolute Gasteiger partial charge is 0.245 e. The van der Waals surface area contributed by atoms with E-state index in [0.29, 0.717) is 5.82 Å². The van der Waals surface area contributed by atoms with Crippen LogP contribution in [0.15, 0.2) is 24.2 Å². The molecule has 13 heavy (non-hydrogen) atoms. The molecule has 0 aliphatic carbocycles. The molecular formula is C8H6N4S. The summed E-state index contributed by atoms with van der Waals surface area (Å²) < 4.78 is 0. The summed E-state index contributed by atoms with van der Waals surface area (Å²) in [5, 5.41) is 2.87. The Morgan fingerprint density at radius 1 is 1.08 bits per heavy atom. The molecule has 64 valence electrons. The number of nitrogens with zero attached hydrogens (tertiary/aromatic N) is 4. The third-order valence-electron chi connectivity index (χ3n) is 1.34. The highest BCUT2D eigenvalue weighted by Crippen LogP contribution is 2.07. The number of rotatable bonds is 2. The van der Waals surface area contributed by atoms with Crippen molar-refractivity contribution in [2.45, 2.75) is 0 Å². The summed E-state index contributed by atoms with van der Waals surface area (Å²) in [6.07, 6.45) is 8.38. The second kappa shape index (κ2) is 3.86. The van der Waals surface area contributed by atoms with Gasteiger partial charge in [0, 0.05) is 11.6 Å². The molecule has 0 fully saturated rings. The van der Waals surface area contributed by atoms with Crippen LogP contribution in [0, 0.1) is 0 Å². The van der Waals surface area contributed by atoms with E-state index in [0.717, 1.165) is 5.01 Å². The Kier molecular flexibility index (Phi) is 2.38. The minimum atomic E-state index is 0.644. The number of hydrogen-bond acceptors (Lipinski definition) is 5. The minimum absolute atomic E-state index is 0.644. The molecule has 0 saturated carbocycles. The first-order chi connectivity index (χ1) is 6.45. The van der Waals surface area contributed by atoms with Crippen molar-refractivity contribution in [1.82, 2.24) is 19.9 Å². The van der Waals surface area contributed by atoms with Crippen LogP contribution in [0.1, 0.15) is 10.8 Å². The topological polar surface area (TPSA) is 51.6 Å². The maximum atomic E-state index is 4.09. The van der Waals surface area contributed by atoms with Gasteiger partial charge in [0.2, 0.25) is 0 Å². The molecule has 2 heterocycles. The molecule has 2 aromatic rings. The summed E-state index contributed by atoms with van der Waals surface area (Å²) in [7, 11) is 0. The zero-order chi connectivity index (χ0) is 8.93. The van der Waals surface area contributed by atoms with E-state index >= 15 is 0 Å². The summed E-state index contributed by atoms with van der Waals surface area (Å²) in [5.41, 5.74) is 0. The lowest BCUT2D eigenvalue weighted by Gasteiger charge is -1.86. The first kappa shape index (κ1) is 8.00. The van der Waals surface area contributed by atoms with Gasteiger partial charge in [0.05, 0.1) is 0 Å². The number of aromatic nitrogens is 4. The van der Waals surface area contributed by atoms with Crippen molar-refractivity contribution in [3.8, 4) is 0 Å². The average molecular weight is 190 g/mol. The highest BCUT2D eigenvalue weighted by Gasteiger charge is 1.89. The second-order valence-corrected chi connectivity index (χ2v) is 3.13. The Hall–Kier alpha value is -1.62. The van der Waals surface area contributed by atoms with E-state index in [1.807, 2.05) is 11.5 Å². The SMILES string of the molecule is C(=Cc1nccs1)c1ncncn1. The van der Waals surface area contributed by atoms with Gasteiger partial charge in [-0.05, 0) is 12.2 Å². The van der Waals surface area contributed by atoms with Crippen molar-refractivity contribution < 1.29 is 0 Å². The molecule has 4 nitrogen and oxygen atoms in total. The van der Waals surface area contributed by atoms with Gasteiger partial charge in [-0.25, -0.2) is 19.9 Å². The monoisotopic (exact) mass is 190 g/mol. The molecule has 0 amide bonds. The summed E-state index contributed by atoms with van der Waals surface area (Å²) >= 11 is 1.57. The van der Waals surface area contributed by atoms with E-state index in [-0.39, 0.29) is 0 Å². The van der Waals surface area contributed by atoms with Gasteiger partial charge < -0.3 is 0 Å². The molecule has 0 atom stereocenters. The second-order valence-electron chi connectivity index (χ2n) is 2.20. The van der Waals surface area contributed by atoms with Gasteiger partial charge in [-0.3, -0.25) is 0 Å². The molecule has 0 spiro atoms. The summed E-state index contributed by atoms with van der Waals surface area (Å²) in [6, 6.07) is 0. The lowest BCUT2D eigenvalue weighted by Crippen LogP contribution is -1.85.